The number of pyridine rings is 1. The minimum absolute atomic E-state index is 0.124. The highest BCUT2D eigenvalue weighted by Crippen LogP contribution is 2.29. The van der Waals surface area contributed by atoms with E-state index in [1.54, 1.807) is 6.20 Å². The molecule has 1 saturated carbocycles. The molecule has 0 radical (unpaired) electrons. The summed E-state index contributed by atoms with van der Waals surface area (Å²) in [5.41, 5.74) is 0.982. The fourth-order valence-corrected chi connectivity index (χ4v) is 1.90. The number of amides is 1. The predicted octanol–water partition coefficient (Wildman–Crippen LogP) is 2.62. The summed E-state index contributed by atoms with van der Waals surface area (Å²) >= 11 is 0. The molecular formula is C14H20N2O. The van der Waals surface area contributed by atoms with Crippen LogP contribution in [0.25, 0.3) is 0 Å². The van der Waals surface area contributed by atoms with E-state index in [9.17, 15) is 4.79 Å². The van der Waals surface area contributed by atoms with Crippen LogP contribution < -0.4 is 0 Å². The normalized spacial score (nSPS) is 16.6. The first-order valence-corrected chi connectivity index (χ1v) is 6.42. The number of carbonyl (C=O) groups excluding carboxylic acids is 1. The summed E-state index contributed by atoms with van der Waals surface area (Å²) in [4.78, 5) is 18.6. The van der Waals surface area contributed by atoms with Gasteiger partial charge in [-0.1, -0.05) is 19.9 Å². The number of hydrogen-bond acceptors (Lipinski definition) is 2. The lowest BCUT2D eigenvalue weighted by Crippen LogP contribution is -2.36. The minimum atomic E-state index is 0.124. The van der Waals surface area contributed by atoms with Gasteiger partial charge in [0.25, 0.3) is 0 Å². The Hall–Kier alpha value is -1.38. The molecule has 0 aliphatic heterocycles. The summed E-state index contributed by atoms with van der Waals surface area (Å²) in [5, 5.41) is 0. The lowest BCUT2D eigenvalue weighted by Gasteiger charge is -2.25. The van der Waals surface area contributed by atoms with Crippen LogP contribution in [-0.4, -0.2) is 21.8 Å². The lowest BCUT2D eigenvalue weighted by molar-refractivity contribution is -0.136. The Kier molecular flexibility index (Phi) is 3.77. The topological polar surface area (TPSA) is 33.2 Å². The van der Waals surface area contributed by atoms with Crippen molar-refractivity contribution < 1.29 is 4.79 Å². The predicted molar refractivity (Wildman–Crippen MR) is 67.3 cm³/mol. The van der Waals surface area contributed by atoms with Crippen molar-refractivity contribution in [3.05, 3.63) is 30.1 Å². The van der Waals surface area contributed by atoms with E-state index in [1.807, 2.05) is 30.0 Å². The summed E-state index contributed by atoms with van der Waals surface area (Å²) in [6.07, 6.45) is 4.99. The van der Waals surface area contributed by atoms with Gasteiger partial charge in [-0.15, -0.1) is 0 Å². The number of aromatic nitrogens is 1. The monoisotopic (exact) mass is 232 g/mol. The molecule has 3 heteroatoms. The van der Waals surface area contributed by atoms with Gasteiger partial charge in [-0.05, 0) is 31.4 Å². The molecule has 0 aromatic carbocycles. The standard InChI is InChI=1S/C14H20N2O/c1-3-11(2)14(17)16(13-7-8-13)10-12-6-4-5-9-15-12/h4-6,9,11,13H,3,7-8,10H2,1-2H3/t11-/m1/s1. The minimum Gasteiger partial charge on any atom is -0.334 e. The third-order valence-corrected chi connectivity index (χ3v) is 3.36. The van der Waals surface area contributed by atoms with Crippen molar-refractivity contribution in [2.75, 3.05) is 0 Å². The molecule has 1 fully saturated rings. The van der Waals surface area contributed by atoms with Crippen molar-refractivity contribution in [3.8, 4) is 0 Å². The summed E-state index contributed by atoms with van der Waals surface area (Å²) in [5.74, 6) is 0.403. The number of nitrogens with zero attached hydrogens (tertiary/aromatic N) is 2. The molecule has 1 aliphatic carbocycles. The summed E-state index contributed by atoms with van der Waals surface area (Å²) in [6.45, 7) is 4.74. The Balaban J connectivity index is 2.05. The molecule has 92 valence electrons. The highest BCUT2D eigenvalue weighted by Gasteiger charge is 2.34. The summed E-state index contributed by atoms with van der Waals surface area (Å²) < 4.78 is 0. The zero-order valence-corrected chi connectivity index (χ0v) is 10.6. The number of hydrogen-bond donors (Lipinski definition) is 0. The van der Waals surface area contributed by atoms with E-state index in [-0.39, 0.29) is 11.8 Å². The molecular weight excluding hydrogens is 212 g/mol. The van der Waals surface area contributed by atoms with Crippen molar-refractivity contribution in [2.24, 2.45) is 5.92 Å². The third kappa shape index (κ3) is 3.05. The van der Waals surface area contributed by atoms with Gasteiger partial charge in [0, 0.05) is 18.2 Å². The van der Waals surface area contributed by atoms with Crippen molar-refractivity contribution in [2.45, 2.75) is 45.7 Å². The van der Waals surface area contributed by atoms with Gasteiger partial charge in [-0.25, -0.2) is 0 Å². The Bertz CT molecular complexity index is 373. The molecule has 1 aliphatic rings. The van der Waals surface area contributed by atoms with Crippen LogP contribution in [0.5, 0.6) is 0 Å². The van der Waals surface area contributed by atoms with Crippen LogP contribution in [0.4, 0.5) is 0 Å². The van der Waals surface area contributed by atoms with Crippen LogP contribution >= 0.6 is 0 Å². The van der Waals surface area contributed by atoms with Crippen LogP contribution in [-0.2, 0) is 11.3 Å². The summed E-state index contributed by atoms with van der Waals surface area (Å²) in [7, 11) is 0. The highest BCUT2D eigenvalue weighted by atomic mass is 16.2. The van der Waals surface area contributed by atoms with E-state index < -0.39 is 0 Å². The van der Waals surface area contributed by atoms with Crippen molar-refractivity contribution >= 4 is 5.91 Å². The van der Waals surface area contributed by atoms with Crippen LogP contribution in [0.3, 0.4) is 0 Å². The molecule has 0 N–H and O–H groups in total. The second kappa shape index (κ2) is 5.30. The molecule has 0 spiro atoms. The van der Waals surface area contributed by atoms with E-state index in [1.165, 1.54) is 0 Å². The Labute approximate surface area is 103 Å². The first-order valence-electron chi connectivity index (χ1n) is 6.42. The fraction of sp³-hybridized carbons (Fsp3) is 0.571. The van der Waals surface area contributed by atoms with E-state index in [0.717, 1.165) is 25.0 Å². The molecule has 0 unspecified atom stereocenters. The number of rotatable bonds is 5. The van der Waals surface area contributed by atoms with Gasteiger partial charge in [0.15, 0.2) is 0 Å². The van der Waals surface area contributed by atoms with Gasteiger partial charge < -0.3 is 4.90 Å². The lowest BCUT2D eigenvalue weighted by atomic mass is 10.1. The third-order valence-electron chi connectivity index (χ3n) is 3.36. The Morgan fingerprint density at radius 1 is 1.53 bits per heavy atom. The zero-order chi connectivity index (χ0) is 12.3. The highest BCUT2D eigenvalue weighted by molar-refractivity contribution is 5.79. The molecule has 0 bridgehead atoms. The molecule has 17 heavy (non-hydrogen) atoms. The van der Waals surface area contributed by atoms with E-state index in [0.29, 0.717) is 12.6 Å². The van der Waals surface area contributed by atoms with Crippen molar-refractivity contribution in [3.63, 3.8) is 0 Å². The summed E-state index contributed by atoms with van der Waals surface area (Å²) in [6, 6.07) is 6.32. The van der Waals surface area contributed by atoms with Gasteiger partial charge in [-0.3, -0.25) is 9.78 Å². The van der Waals surface area contributed by atoms with Crippen molar-refractivity contribution in [1.29, 1.82) is 0 Å². The van der Waals surface area contributed by atoms with Crippen molar-refractivity contribution in [1.82, 2.24) is 9.88 Å². The molecule has 1 aromatic heterocycles. The smallest absolute Gasteiger partial charge is 0.225 e. The molecule has 0 saturated heterocycles. The molecule has 2 rings (SSSR count). The second-order valence-corrected chi connectivity index (χ2v) is 4.83. The molecule has 3 nitrogen and oxygen atoms in total. The Morgan fingerprint density at radius 2 is 2.29 bits per heavy atom. The average molecular weight is 232 g/mol. The number of carbonyl (C=O) groups is 1. The molecule has 1 atom stereocenters. The van der Waals surface area contributed by atoms with Crippen LogP contribution in [0, 0.1) is 5.92 Å². The van der Waals surface area contributed by atoms with Gasteiger partial charge in [0.05, 0.1) is 12.2 Å². The average Bonchev–Trinajstić information content (AvgIpc) is 3.19. The largest absolute Gasteiger partial charge is 0.334 e. The van der Waals surface area contributed by atoms with Crippen LogP contribution in [0.15, 0.2) is 24.4 Å². The molecule has 1 heterocycles. The zero-order valence-electron chi connectivity index (χ0n) is 10.6. The van der Waals surface area contributed by atoms with E-state index in [2.05, 4.69) is 11.9 Å². The maximum absolute atomic E-state index is 12.3. The fourth-order valence-electron chi connectivity index (χ4n) is 1.90. The maximum Gasteiger partial charge on any atom is 0.225 e. The van der Waals surface area contributed by atoms with Gasteiger partial charge in [-0.2, -0.15) is 0 Å². The van der Waals surface area contributed by atoms with Gasteiger partial charge >= 0.3 is 0 Å². The maximum atomic E-state index is 12.3. The first kappa shape index (κ1) is 12.1. The molecule has 1 aromatic rings. The van der Waals surface area contributed by atoms with Crippen LogP contribution in [0.1, 0.15) is 38.8 Å². The second-order valence-electron chi connectivity index (χ2n) is 4.83. The molecule has 1 amide bonds. The quantitative estimate of drug-likeness (QED) is 0.782. The van der Waals surface area contributed by atoms with Gasteiger partial charge in [0.1, 0.15) is 0 Å². The van der Waals surface area contributed by atoms with Crippen LogP contribution in [0.2, 0.25) is 0 Å². The van der Waals surface area contributed by atoms with Gasteiger partial charge in [0.2, 0.25) is 5.91 Å². The Morgan fingerprint density at radius 3 is 2.82 bits per heavy atom. The SMILES string of the molecule is CC[C@@H](C)C(=O)N(Cc1ccccn1)C1CC1. The first-order chi connectivity index (χ1) is 8.22. The van der Waals surface area contributed by atoms with E-state index in [4.69, 9.17) is 0 Å². The van der Waals surface area contributed by atoms with E-state index >= 15 is 0 Å².